The van der Waals surface area contributed by atoms with E-state index in [9.17, 15) is 27.9 Å². The predicted octanol–water partition coefficient (Wildman–Crippen LogP) is 3.74. The number of ether oxygens (including phenoxy) is 2. The highest BCUT2D eigenvalue weighted by Gasteiger charge is 2.56. The van der Waals surface area contributed by atoms with E-state index in [0.29, 0.717) is 38.6 Å². The molecule has 1 saturated heterocycles. The average Bonchev–Trinajstić information content (AvgIpc) is 3.24. The van der Waals surface area contributed by atoms with Gasteiger partial charge in [0, 0.05) is 44.4 Å². The highest BCUT2D eigenvalue weighted by Crippen LogP contribution is 2.43. The first-order valence-electron chi connectivity index (χ1n) is 11.9. The van der Waals surface area contributed by atoms with Crippen molar-refractivity contribution in [1.82, 2.24) is 10.2 Å². The van der Waals surface area contributed by atoms with E-state index in [1.807, 2.05) is 17.0 Å². The van der Waals surface area contributed by atoms with Gasteiger partial charge in [-0.3, -0.25) is 9.69 Å². The smallest absolute Gasteiger partial charge is 0.404 e. The summed E-state index contributed by atoms with van der Waals surface area (Å²) >= 11 is 0. The molecule has 198 valence electrons. The van der Waals surface area contributed by atoms with Gasteiger partial charge < -0.3 is 19.9 Å². The van der Waals surface area contributed by atoms with Crippen LogP contribution in [-0.2, 0) is 20.7 Å². The monoisotopic (exact) mass is 510 g/mol. The van der Waals surface area contributed by atoms with Gasteiger partial charge in [0.15, 0.2) is 11.4 Å². The Labute approximate surface area is 208 Å². The number of Topliss-reactive ketones (excluding diaryl/α,β-unsaturated/α-hetero) is 1. The Hall–Kier alpha value is -2.69. The number of ketones is 1. The normalized spacial score (nSPS) is 24.4. The highest BCUT2D eigenvalue weighted by molar-refractivity contribution is 6.03. The number of carbonyl (C=O) groups excluding carboxylic acids is 1. The number of benzene rings is 1. The van der Waals surface area contributed by atoms with Gasteiger partial charge in [-0.15, -0.1) is 0 Å². The minimum Gasteiger partial charge on any atom is -0.494 e. The Balaban J connectivity index is 1.45. The van der Waals surface area contributed by atoms with Crippen LogP contribution in [-0.4, -0.2) is 72.6 Å². The lowest BCUT2D eigenvalue weighted by atomic mass is 9.78. The second kappa shape index (κ2) is 11.1. The van der Waals surface area contributed by atoms with Crippen molar-refractivity contribution in [3.63, 3.8) is 0 Å². The van der Waals surface area contributed by atoms with Crippen molar-refractivity contribution in [2.45, 2.75) is 51.4 Å². The Kier molecular flexibility index (Phi) is 8.63. The van der Waals surface area contributed by atoms with Gasteiger partial charge in [0.2, 0.25) is 0 Å². The zero-order chi connectivity index (χ0) is 26.6. The van der Waals surface area contributed by atoms with Crippen LogP contribution in [0, 0.1) is 5.41 Å². The quantitative estimate of drug-likeness (QED) is 0.469. The van der Waals surface area contributed by atoms with Crippen LogP contribution in [0.5, 0.6) is 5.75 Å². The van der Waals surface area contributed by atoms with Gasteiger partial charge in [0.25, 0.3) is 0 Å². The number of hydrogen-bond donors (Lipinski definition) is 2. The first-order valence-corrected chi connectivity index (χ1v) is 11.9. The number of carbonyl (C=O) groups is 2. The minimum absolute atomic E-state index is 0.0792. The summed E-state index contributed by atoms with van der Waals surface area (Å²) in [5.41, 5.74) is -2.81. The number of alkyl halides is 3. The molecule has 1 fully saturated rings. The van der Waals surface area contributed by atoms with Gasteiger partial charge in [-0.2, -0.15) is 13.2 Å². The summed E-state index contributed by atoms with van der Waals surface area (Å²) in [5.74, 6) is -1.27. The molecule has 3 rings (SSSR count). The van der Waals surface area contributed by atoms with Gasteiger partial charge in [0.05, 0.1) is 6.61 Å². The summed E-state index contributed by atoms with van der Waals surface area (Å²) < 4.78 is 51.4. The molecule has 0 aromatic heterocycles. The molecule has 1 aromatic rings. The van der Waals surface area contributed by atoms with Gasteiger partial charge in [-0.25, -0.2) is 4.79 Å². The van der Waals surface area contributed by atoms with Crippen LogP contribution in [0.25, 0.3) is 0 Å². The van der Waals surface area contributed by atoms with Gasteiger partial charge in [-0.05, 0) is 44.9 Å². The van der Waals surface area contributed by atoms with Crippen molar-refractivity contribution in [1.29, 1.82) is 0 Å². The van der Waals surface area contributed by atoms with Gasteiger partial charge in [-0.1, -0.05) is 30.4 Å². The molecule has 3 unspecified atom stereocenters. The number of nitrogens with one attached hydrogen (secondary N) is 1. The lowest BCUT2D eigenvalue weighted by Crippen LogP contribution is -2.44. The summed E-state index contributed by atoms with van der Waals surface area (Å²) in [6.07, 6.45) is -0.0489. The molecule has 3 atom stereocenters. The molecule has 0 saturated carbocycles. The maximum atomic E-state index is 13.4. The number of carboxylic acids is 1. The summed E-state index contributed by atoms with van der Waals surface area (Å²) in [7, 11) is 0. The standard InChI is InChI=1S/C26H33F3N2O5/c1-4-36-25(3,23(33)34)14-18-7-9-21(10-8-18)35-13-11-20-16-31(17-30-20)15-19-6-5-12-24(2,22(19)32)26(27,28)29/h5-10,12,20,30H,4,11,13-17H2,1-3H3,(H,33,34). The molecule has 0 bridgehead atoms. The molecular weight excluding hydrogens is 477 g/mol. The third-order valence-electron chi connectivity index (χ3n) is 6.67. The van der Waals surface area contributed by atoms with E-state index in [1.54, 1.807) is 26.0 Å². The lowest BCUT2D eigenvalue weighted by Gasteiger charge is -2.31. The van der Waals surface area contributed by atoms with Crippen LogP contribution in [0.1, 0.15) is 32.8 Å². The summed E-state index contributed by atoms with van der Waals surface area (Å²) in [4.78, 5) is 26.0. The van der Waals surface area contributed by atoms with Crippen LogP contribution < -0.4 is 10.1 Å². The van der Waals surface area contributed by atoms with E-state index in [1.165, 1.54) is 12.2 Å². The fraction of sp³-hybridized carbons (Fsp3) is 0.538. The molecule has 1 aliphatic heterocycles. The number of carboxylic acid groups (broad SMARTS) is 1. The number of halogens is 3. The fourth-order valence-corrected chi connectivity index (χ4v) is 4.36. The number of nitrogens with zero attached hydrogens (tertiary/aromatic N) is 1. The first-order chi connectivity index (χ1) is 16.9. The Morgan fingerprint density at radius 1 is 1.28 bits per heavy atom. The second-order valence-electron chi connectivity index (χ2n) is 9.58. The molecule has 1 aliphatic carbocycles. The van der Waals surface area contributed by atoms with E-state index in [0.717, 1.165) is 18.6 Å². The van der Waals surface area contributed by atoms with E-state index >= 15 is 0 Å². The van der Waals surface area contributed by atoms with E-state index in [4.69, 9.17) is 9.47 Å². The van der Waals surface area contributed by atoms with E-state index in [2.05, 4.69) is 5.32 Å². The van der Waals surface area contributed by atoms with Gasteiger partial charge in [0.1, 0.15) is 11.2 Å². The maximum Gasteiger partial charge on any atom is 0.404 e. The molecule has 1 aromatic carbocycles. The van der Waals surface area contributed by atoms with Crippen molar-refractivity contribution < 1.29 is 37.3 Å². The highest BCUT2D eigenvalue weighted by atomic mass is 19.4. The molecule has 1 heterocycles. The largest absolute Gasteiger partial charge is 0.494 e. The van der Waals surface area contributed by atoms with Crippen LogP contribution >= 0.6 is 0 Å². The first kappa shape index (κ1) is 27.9. The predicted molar refractivity (Wildman–Crippen MR) is 128 cm³/mol. The fourth-order valence-electron chi connectivity index (χ4n) is 4.36. The van der Waals surface area contributed by atoms with Gasteiger partial charge >= 0.3 is 12.1 Å². The Morgan fingerprint density at radius 3 is 2.58 bits per heavy atom. The molecule has 2 N–H and O–H groups in total. The van der Waals surface area contributed by atoms with Crippen molar-refractivity contribution in [3.05, 3.63) is 53.6 Å². The SMILES string of the molecule is CCOC(C)(Cc1ccc(OCCC2CN(CC3=CC=CC(C)(C(F)(F)F)C3=O)CN2)cc1)C(=O)O. The van der Waals surface area contributed by atoms with Crippen molar-refractivity contribution in [3.8, 4) is 5.75 Å². The minimum atomic E-state index is -4.64. The summed E-state index contributed by atoms with van der Waals surface area (Å²) in [6.45, 7) is 6.15. The van der Waals surface area contributed by atoms with E-state index in [-0.39, 0.29) is 24.6 Å². The Bertz CT molecular complexity index is 1010. The van der Waals surface area contributed by atoms with Crippen LogP contribution in [0.4, 0.5) is 13.2 Å². The molecular formula is C26H33F3N2O5. The third kappa shape index (κ3) is 6.35. The zero-order valence-electron chi connectivity index (χ0n) is 20.7. The molecule has 10 heteroatoms. The molecule has 2 aliphatic rings. The molecule has 0 spiro atoms. The lowest BCUT2D eigenvalue weighted by molar-refractivity contribution is -0.199. The number of allylic oxidation sites excluding steroid dienone is 3. The van der Waals surface area contributed by atoms with Crippen molar-refractivity contribution in [2.24, 2.45) is 5.41 Å². The topological polar surface area (TPSA) is 88.1 Å². The number of hydrogen-bond acceptors (Lipinski definition) is 6. The molecule has 36 heavy (non-hydrogen) atoms. The van der Waals surface area contributed by atoms with E-state index < -0.39 is 28.9 Å². The van der Waals surface area contributed by atoms with Crippen LogP contribution in [0.15, 0.2) is 48.1 Å². The molecule has 7 nitrogen and oxygen atoms in total. The average molecular weight is 511 g/mol. The Morgan fingerprint density at radius 2 is 1.97 bits per heavy atom. The third-order valence-corrected chi connectivity index (χ3v) is 6.67. The number of rotatable bonds is 11. The molecule has 0 radical (unpaired) electrons. The van der Waals surface area contributed by atoms with Crippen LogP contribution in [0.2, 0.25) is 0 Å². The summed E-state index contributed by atoms with van der Waals surface area (Å²) in [6, 6.07) is 7.26. The van der Waals surface area contributed by atoms with Crippen molar-refractivity contribution >= 4 is 11.8 Å². The summed E-state index contributed by atoms with van der Waals surface area (Å²) in [5, 5.41) is 12.8. The van der Waals surface area contributed by atoms with Crippen molar-refractivity contribution in [2.75, 3.05) is 33.0 Å². The van der Waals surface area contributed by atoms with Crippen LogP contribution in [0.3, 0.4) is 0 Å². The zero-order valence-corrected chi connectivity index (χ0v) is 20.7. The molecule has 0 amide bonds. The maximum absolute atomic E-state index is 13.4. The second-order valence-corrected chi connectivity index (χ2v) is 9.58. The number of aliphatic carboxylic acids is 1.